The fourth-order valence-corrected chi connectivity index (χ4v) is 2.72. The van der Waals surface area contributed by atoms with Gasteiger partial charge in [0.2, 0.25) is 6.17 Å². The van der Waals surface area contributed by atoms with Crippen molar-refractivity contribution in [3.8, 4) is 11.5 Å². The van der Waals surface area contributed by atoms with Crippen molar-refractivity contribution < 1.29 is 23.6 Å². The number of nitro groups is 1. The normalized spacial score (nSPS) is 11.7. The van der Waals surface area contributed by atoms with Gasteiger partial charge >= 0.3 is 5.97 Å². The summed E-state index contributed by atoms with van der Waals surface area (Å²) in [5.41, 5.74) is 5.53. The van der Waals surface area contributed by atoms with Gasteiger partial charge in [0, 0.05) is 6.42 Å². The van der Waals surface area contributed by atoms with Gasteiger partial charge in [0.1, 0.15) is 11.4 Å². The van der Waals surface area contributed by atoms with E-state index in [1.54, 1.807) is 0 Å². The Hall–Kier alpha value is -2.58. The van der Waals surface area contributed by atoms with Crippen molar-refractivity contribution in [1.29, 1.82) is 0 Å². The molecule has 2 N–H and O–H groups in total. The number of nitrogen functional groups attached to an aromatic ring is 1. The number of methoxy groups -OCH3 is 1. The number of hydrogen-bond donors (Lipinski definition) is 1. The number of nitrogens with two attached hydrogens (primary N) is 1. The van der Waals surface area contributed by atoms with E-state index >= 15 is 0 Å². The lowest BCUT2D eigenvalue weighted by Crippen LogP contribution is -2.19. The highest BCUT2D eigenvalue weighted by Crippen LogP contribution is 2.39. The predicted octanol–water partition coefficient (Wildman–Crippen LogP) is 4.33. The lowest BCUT2D eigenvalue weighted by molar-refractivity contribution is -0.384. The van der Waals surface area contributed by atoms with Gasteiger partial charge in [0.05, 0.1) is 28.1 Å². The van der Waals surface area contributed by atoms with Gasteiger partial charge in [-0.2, -0.15) is 0 Å². The molecule has 2 aromatic carbocycles. The summed E-state index contributed by atoms with van der Waals surface area (Å²) in [7, 11) is 1.08. The summed E-state index contributed by atoms with van der Waals surface area (Å²) in [4.78, 5) is 21.4. The second kappa shape index (κ2) is 8.20. The zero-order valence-corrected chi connectivity index (χ0v) is 14.9. The van der Waals surface area contributed by atoms with E-state index in [4.69, 9.17) is 33.7 Å². The molecule has 26 heavy (non-hydrogen) atoms. The van der Waals surface area contributed by atoms with E-state index in [9.17, 15) is 19.3 Å². The van der Waals surface area contributed by atoms with Crippen molar-refractivity contribution in [3.05, 3.63) is 56.1 Å². The number of alkyl halides is 1. The minimum absolute atomic E-state index is 0.0216. The summed E-state index contributed by atoms with van der Waals surface area (Å²) in [6.07, 6.45) is -2.14. The van der Waals surface area contributed by atoms with E-state index in [1.807, 2.05) is 0 Å². The first kappa shape index (κ1) is 19.7. The standard InChI is InChI=1S/C16H13Cl2FN2O5/c1-25-16(22)12(19)6-8-4-10(17)15(11(18)5-8)26-9-2-3-13(20)14(7-9)21(23)24/h2-5,7,12H,6,20H2,1H3. The first-order valence-electron chi connectivity index (χ1n) is 7.14. The Morgan fingerprint density at radius 3 is 2.46 bits per heavy atom. The van der Waals surface area contributed by atoms with Crippen molar-refractivity contribution in [2.75, 3.05) is 12.8 Å². The summed E-state index contributed by atoms with van der Waals surface area (Å²) >= 11 is 12.2. The molecule has 0 saturated carbocycles. The average molecular weight is 403 g/mol. The Kier molecular flexibility index (Phi) is 6.23. The van der Waals surface area contributed by atoms with Crippen LogP contribution in [0.2, 0.25) is 10.0 Å². The van der Waals surface area contributed by atoms with Crippen LogP contribution < -0.4 is 10.5 Å². The minimum Gasteiger partial charge on any atom is -0.467 e. The number of carbonyl (C=O) groups excluding carboxylic acids is 1. The molecule has 2 rings (SSSR count). The monoisotopic (exact) mass is 402 g/mol. The zero-order valence-electron chi connectivity index (χ0n) is 13.4. The molecule has 1 unspecified atom stereocenters. The molecule has 0 aliphatic heterocycles. The summed E-state index contributed by atoms with van der Waals surface area (Å²) in [6, 6.07) is 6.62. The van der Waals surface area contributed by atoms with E-state index in [-0.39, 0.29) is 39.3 Å². The second-order valence-electron chi connectivity index (χ2n) is 5.16. The SMILES string of the molecule is COC(=O)C(F)Cc1cc(Cl)c(Oc2ccc(N)c([N+](=O)[O-])c2)c(Cl)c1. The van der Waals surface area contributed by atoms with Crippen LogP contribution in [0.3, 0.4) is 0 Å². The molecule has 0 heterocycles. The molecule has 0 fully saturated rings. The summed E-state index contributed by atoms with van der Waals surface area (Å²) in [6.45, 7) is 0. The largest absolute Gasteiger partial charge is 0.467 e. The number of ether oxygens (including phenoxy) is 2. The number of anilines is 1. The first-order chi connectivity index (χ1) is 12.2. The fourth-order valence-electron chi connectivity index (χ4n) is 2.11. The molecule has 0 bridgehead atoms. The third-order valence-electron chi connectivity index (χ3n) is 3.35. The van der Waals surface area contributed by atoms with Crippen LogP contribution >= 0.6 is 23.2 Å². The number of carbonyl (C=O) groups is 1. The Labute approximate surface area is 157 Å². The molecule has 138 valence electrons. The Balaban J connectivity index is 2.27. The molecule has 0 saturated heterocycles. The number of rotatable bonds is 6. The van der Waals surface area contributed by atoms with Crippen molar-refractivity contribution in [1.82, 2.24) is 0 Å². The second-order valence-corrected chi connectivity index (χ2v) is 5.98. The van der Waals surface area contributed by atoms with Crippen LogP contribution in [-0.4, -0.2) is 24.2 Å². The van der Waals surface area contributed by atoms with Crippen LogP contribution in [0.5, 0.6) is 11.5 Å². The predicted molar refractivity (Wildman–Crippen MR) is 94.7 cm³/mol. The van der Waals surface area contributed by atoms with E-state index in [2.05, 4.69) is 4.74 Å². The lowest BCUT2D eigenvalue weighted by Gasteiger charge is -2.13. The third kappa shape index (κ3) is 4.53. The topological polar surface area (TPSA) is 105 Å². The Morgan fingerprint density at radius 2 is 1.92 bits per heavy atom. The van der Waals surface area contributed by atoms with Gasteiger partial charge in [-0.3, -0.25) is 10.1 Å². The Morgan fingerprint density at radius 1 is 1.31 bits per heavy atom. The van der Waals surface area contributed by atoms with E-state index in [0.717, 1.165) is 13.2 Å². The molecule has 7 nitrogen and oxygen atoms in total. The molecule has 0 radical (unpaired) electrons. The smallest absolute Gasteiger partial charge is 0.340 e. The molecule has 0 amide bonds. The summed E-state index contributed by atoms with van der Waals surface area (Å²) in [5, 5.41) is 11.0. The molecule has 0 aromatic heterocycles. The maximum atomic E-state index is 13.7. The number of halogens is 3. The maximum Gasteiger partial charge on any atom is 0.340 e. The lowest BCUT2D eigenvalue weighted by atomic mass is 10.1. The zero-order chi connectivity index (χ0) is 19.4. The summed E-state index contributed by atoms with van der Waals surface area (Å²) < 4.78 is 23.5. The first-order valence-corrected chi connectivity index (χ1v) is 7.90. The van der Waals surface area contributed by atoms with E-state index < -0.39 is 17.1 Å². The number of hydrogen-bond acceptors (Lipinski definition) is 6. The Bertz CT molecular complexity index is 840. The van der Waals surface area contributed by atoms with Crippen LogP contribution in [0.25, 0.3) is 0 Å². The van der Waals surface area contributed by atoms with Crippen LogP contribution in [-0.2, 0) is 16.0 Å². The average Bonchev–Trinajstić information content (AvgIpc) is 2.58. The minimum atomic E-state index is -1.86. The molecule has 2 aromatic rings. The number of esters is 1. The number of nitrogens with zero attached hydrogens (tertiary/aromatic N) is 1. The van der Waals surface area contributed by atoms with Crippen LogP contribution in [0.1, 0.15) is 5.56 Å². The van der Waals surface area contributed by atoms with Gasteiger partial charge in [0.25, 0.3) is 5.69 Å². The number of nitro benzene ring substituents is 1. The highest BCUT2D eigenvalue weighted by atomic mass is 35.5. The summed E-state index contributed by atoms with van der Waals surface area (Å²) in [5.74, 6) is -0.878. The highest BCUT2D eigenvalue weighted by molar-refractivity contribution is 6.37. The molecule has 0 spiro atoms. The van der Waals surface area contributed by atoms with Crippen molar-refractivity contribution in [2.24, 2.45) is 0 Å². The molecular formula is C16H13Cl2FN2O5. The van der Waals surface area contributed by atoms with Gasteiger partial charge in [-0.05, 0) is 29.8 Å². The fraction of sp³-hybridized carbons (Fsp3) is 0.188. The van der Waals surface area contributed by atoms with E-state index in [0.29, 0.717) is 5.56 Å². The van der Waals surface area contributed by atoms with Gasteiger partial charge in [-0.25, -0.2) is 9.18 Å². The third-order valence-corrected chi connectivity index (χ3v) is 3.91. The van der Waals surface area contributed by atoms with Crippen molar-refractivity contribution in [3.63, 3.8) is 0 Å². The maximum absolute atomic E-state index is 13.7. The molecular weight excluding hydrogens is 390 g/mol. The van der Waals surface area contributed by atoms with Gasteiger partial charge in [-0.15, -0.1) is 0 Å². The number of benzene rings is 2. The molecule has 0 aliphatic carbocycles. The van der Waals surface area contributed by atoms with Crippen molar-refractivity contribution in [2.45, 2.75) is 12.6 Å². The molecule has 1 atom stereocenters. The molecule has 10 heteroatoms. The van der Waals surface area contributed by atoms with Crippen LogP contribution in [0, 0.1) is 10.1 Å². The van der Waals surface area contributed by atoms with Crippen LogP contribution in [0.15, 0.2) is 30.3 Å². The van der Waals surface area contributed by atoms with Gasteiger partial charge < -0.3 is 15.2 Å². The van der Waals surface area contributed by atoms with Gasteiger partial charge in [-0.1, -0.05) is 23.2 Å². The highest BCUT2D eigenvalue weighted by Gasteiger charge is 2.21. The molecule has 0 aliphatic rings. The van der Waals surface area contributed by atoms with E-state index in [1.165, 1.54) is 24.3 Å². The quantitative estimate of drug-likeness (QED) is 0.333. The van der Waals surface area contributed by atoms with Crippen LogP contribution in [0.4, 0.5) is 15.8 Å². The van der Waals surface area contributed by atoms with Gasteiger partial charge in [0.15, 0.2) is 5.75 Å². The van der Waals surface area contributed by atoms with Crippen molar-refractivity contribution >= 4 is 40.5 Å².